The minimum atomic E-state index is -0.347. The number of aromatic nitrogens is 1. The molecule has 0 saturated heterocycles. The molecule has 2 N–H and O–H groups in total. The highest BCUT2D eigenvalue weighted by Gasteiger charge is 2.26. The Morgan fingerprint density at radius 3 is 2.89 bits per heavy atom. The van der Waals surface area contributed by atoms with Gasteiger partial charge in [-0.25, -0.2) is 0 Å². The van der Waals surface area contributed by atoms with E-state index in [0.29, 0.717) is 19.0 Å². The molecular weight excluding hydrogens is 228 g/mol. The first-order chi connectivity index (χ1) is 8.59. The first-order valence-corrected chi connectivity index (χ1v) is 6.72. The third-order valence-corrected chi connectivity index (χ3v) is 3.45. The Balaban J connectivity index is 1.82. The van der Waals surface area contributed by atoms with Crippen LogP contribution < -0.4 is 5.32 Å². The van der Waals surface area contributed by atoms with Gasteiger partial charge < -0.3 is 15.0 Å². The molecule has 2 rings (SSSR count). The van der Waals surface area contributed by atoms with Crippen LogP contribution in [0.2, 0.25) is 0 Å². The fourth-order valence-electron chi connectivity index (χ4n) is 2.01. The van der Waals surface area contributed by atoms with Gasteiger partial charge in [0.05, 0.1) is 6.10 Å². The number of carbonyl (C=O) groups excluding carboxylic acids is 1. The van der Waals surface area contributed by atoms with E-state index >= 15 is 0 Å². The fraction of sp³-hybridized carbons (Fsp3) is 0.643. The molecule has 1 aromatic heterocycles. The summed E-state index contributed by atoms with van der Waals surface area (Å²) in [6.07, 6.45) is 4.56. The van der Waals surface area contributed by atoms with Gasteiger partial charge in [0.25, 0.3) is 5.91 Å². The van der Waals surface area contributed by atoms with E-state index in [1.807, 2.05) is 36.7 Å². The van der Waals surface area contributed by atoms with Crippen molar-refractivity contribution >= 4 is 5.91 Å². The lowest BCUT2D eigenvalue weighted by Gasteiger charge is -2.14. The van der Waals surface area contributed by atoms with E-state index in [4.69, 9.17) is 0 Å². The Hall–Kier alpha value is -1.29. The molecular formula is C14H22N2O2. The van der Waals surface area contributed by atoms with Crippen molar-refractivity contribution in [3.05, 3.63) is 24.0 Å². The number of hydrogen-bond acceptors (Lipinski definition) is 2. The third-order valence-electron chi connectivity index (χ3n) is 3.45. The SMILES string of the molecule is CC(C)C(O)CCNC(=O)c1cccn1C1CC1. The van der Waals surface area contributed by atoms with E-state index in [1.165, 1.54) is 12.8 Å². The van der Waals surface area contributed by atoms with Crippen molar-refractivity contribution in [1.29, 1.82) is 0 Å². The lowest BCUT2D eigenvalue weighted by molar-refractivity contribution is 0.0911. The number of amides is 1. The molecule has 1 aliphatic rings. The second-order valence-electron chi connectivity index (χ2n) is 5.39. The van der Waals surface area contributed by atoms with Gasteiger partial charge >= 0.3 is 0 Å². The van der Waals surface area contributed by atoms with Gasteiger partial charge in [0.1, 0.15) is 5.69 Å². The average molecular weight is 250 g/mol. The lowest BCUT2D eigenvalue weighted by atomic mass is 10.0. The van der Waals surface area contributed by atoms with Gasteiger partial charge in [-0.05, 0) is 37.3 Å². The largest absolute Gasteiger partial charge is 0.393 e. The molecule has 1 unspecified atom stereocenters. The van der Waals surface area contributed by atoms with Crippen LogP contribution >= 0.6 is 0 Å². The summed E-state index contributed by atoms with van der Waals surface area (Å²) in [4.78, 5) is 12.0. The summed E-state index contributed by atoms with van der Waals surface area (Å²) in [6, 6.07) is 4.28. The molecule has 100 valence electrons. The Kier molecular flexibility index (Phi) is 4.07. The third kappa shape index (κ3) is 3.13. The standard InChI is InChI=1S/C14H22N2O2/c1-10(2)13(17)7-8-15-14(18)12-4-3-9-16(12)11-5-6-11/h3-4,9-11,13,17H,5-8H2,1-2H3,(H,15,18). The molecule has 1 saturated carbocycles. The Labute approximate surface area is 108 Å². The molecule has 0 aliphatic heterocycles. The van der Waals surface area contributed by atoms with E-state index in [2.05, 4.69) is 5.32 Å². The van der Waals surface area contributed by atoms with E-state index in [-0.39, 0.29) is 17.9 Å². The number of nitrogens with zero attached hydrogens (tertiary/aromatic N) is 1. The zero-order chi connectivity index (χ0) is 13.1. The molecule has 1 heterocycles. The van der Waals surface area contributed by atoms with Crippen LogP contribution in [0.4, 0.5) is 0 Å². The molecule has 1 aromatic rings. The Bertz CT molecular complexity index is 408. The Morgan fingerprint density at radius 2 is 2.28 bits per heavy atom. The summed E-state index contributed by atoms with van der Waals surface area (Å²) in [5, 5.41) is 12.5. The molecule has 0 spiro atoms. The molecule has 0 aromatic carbocycles. The van der Waals surface area contributed by atoms with Crippen molar-refractivity contribution in [2.75, 3.05) is 6.54 Å². The number of aliphatic hydroxyl groups is 1. The van der Waals surface area contributed by atoms with Crippen LogP contribution in [-0.2, 0) is 0 Å². The molecule has 1 fully saturated rings. The number of rotatable bonds is 6. The summed E-state index contributed by atoms with van der Waals surface area (Å²) in [5.74, 6) is 0.195. The molecule has 1 aliphatic carbocycles. The summed E-state index contributed by atoms with van der Waals surface area (Å²) in [6.45, 7) is 4.48. The van der Waals surface area contributed by atoms with Crippen LogP contribution in [0.15, 0.2) is 18.3 Å². The first kappa shape index (κ1) is 13.1. The Morgan fingerprint density at radius 1 is 1.56 bits per heavy atom. The smallest absolute Gasteiger partial charge is 0.267 e. The number of carbonyl (C=O) groups is 1. The summed E-state index contributed by atoms with van der Waals surface area (Å²) in [5.41, 5.74) is 0.733. The molecule has 0 radical (unpaired) electrons. The normalized spacial score (nSPS) is 16.9. The van der Waals surface area contributed by atoms with Gasteiger partial charge in [-0.1, -0.05) is 13.8 Å². The lowest BCUT2D eigenvalue weighted by Crippen LogP contribution is -2.30. The molecule has 4 nitrogen and oxygen atoms in total. The summed E-state index contributed by atoms with van der Waals surface area (Å²) < 4.78 is 2.05. The minimum Gasteiger partial charge on any atom is -0.393 e. The van der Waals surface area contributed by atoms with Gasteiger partial charge in [-0.2, -0.15) is 0 Å². The minimum absolute atomic E-state index is 0.0390. The number of aliphatic hydroxyl groups excluding tert-OH is 1. The van der Waals surface area contributed by atoms with Crippen LogP contribution in [0, 0.1) is 5.92 Å². The quantitative estimate of drug-likeness (QED) is 0.811. The summed E-state index contributed by atoms with van der Waals surface area (Å²) >= 11 is 0. The van der Waals surface area contributed by atoms with Crippen LogP contribution in [-0.4, -0.2) is 28.2 Å². The fourth-order valence-corrected chi connectivity index (χ4v) is 2.01. The van der Waals surface area contributed by atoms with Gasteiger partial charge in [0, 0.05) is 18.8 Å². The molecule has 0 bridgehead atoms. The predicted molar refractivity (Wildman–Crippen MR) is 70.5 cm³/mol. The van der Waals surface area contributed by atoms with Gasteiger partial charge in [0.2, 0.25) is 0 Å². The van der Waals surface area contributed by atoms with E-state index in [1.54, 1.807) is 0 Å². The van der Waals surface area contributed by atoms with Gasteiger partial charge in [-0.3, -0.25) is 4.79 Å². The maximum atomic E-state index is 12.0. The van der Waals surface area contributed by atoms with Crippen LogP contribution in [0.25, 0.3) is 0 Å². The number of nitrogens with one attached hydrogen (secondary N) is 1. The molecule has 1 atom stereocenters. The second-order valence-corrected chi connectivity index (χ2v) is 5.39. The average Bonchev–Trinajstić information content (AvgIpc) is 3.06. The molecule has 1 amide bonds. The van der Waals surface area contributed by atoms with Crippen molar-refractivity contribution in [2.45, 2.75) is 45.3 Å². The van der Waals surface area contributed by atoms with Gasteiger partial charge in [0.15, 0.2) is 0 Å². The number of hydrogen-bond donors (Lipinski definition) is 2. The maximum absolute atomic E-state index is 12.0. The molecule has 4 heteroatoms. The van der Waals surface area contributed by atoms with Crippen molar-refractivity contribution in [3.8, 4) is 0 Å². The van der Waals surface area contributed by atoms with E-state index in [0.717, 1.165) is 5.69 Å². The van der Waals surface area contributed by atoms with Crippen LogP contribution in [0.3, 0.4) is 0 Å². The predicted octanol–water partition coefficient (Wildman–Crippen LogP) is 1.96. The van der Waals surface area contributed by atoms with Crippen LogP contribution in [0.1, 0.15) is 49.6 Å². The zero-order valence-electron chi connectivity index (χ0n) is 11.1. The highest BCUT2D eigenvalue weighted by molar-refractivity contribution is 5.92. The van der Waals surface area contributed by atoms with Crippen molar-refractivity contribution < 1.29 is 9.90 Å². The highest BCUT2D eigenvalue weighted by Crippen LogP contribution is 2.35. The monoisotopic (exact) mass is 250 g/mol. The first-order valence-electron chi connectivity index (χ1n) is 6.72. The summed E-state index contributed by atoms with van der Waals surface area (Å²) in [7, 11) is 0. The van der Waals surface area contributed by atoms with Crippen molar-refractivity contribution in [1.82, 2.24) is 9.88 Å². The topological polar surface area (TPSA) is 54.3 Å². The van der Waals surface area contributed by atoms with Crippen molar-refractivity contribution in [2.24, 2.45) is 5.92 Å². The zero-order valence-corrected chi connectivity index (χ0v) is 11.1. The maximum Gasteiger partial charge on any atom is 0.267 e. The van der Waals surface area contributed by atoms with E-state index < -0.39 is 0 Å². The van der Waals surface area contributed by atoms with Gasteiger partial charge in [-0.15, -0.1) is 0 Å². The van der Waals surface area contributed by atoms with Crippen molar-refractivity contribution in [3.63, 3.8) is 0 Å². The second kappa shape index (κ2) is 5.57. The van der Waals surface area contributed by atoms with Crippen LogP contribution in [0.5, 0.6) is 0 Å². The van der Waals surface area contributed by atoms with E-state index in [9.17, 15) is 9.90 Å². The highest BCUT2D eigenvalue weighted by atomic mass is 16.3. The molecule has 18 heavy (non-hydrogen) atoms.